The molecule has 0 atom stereocenters. The van der Waals surface area contributed by atoms with Gasteiger partial charge in [-0.25, -0.2) is 4.98 Å². The number of hydrogen-bond donors (Lipinski definition) is 1. The van der Waals surface area contributed by atoms with E-state index in [1.165, 1.54) is 38.5 Å². The minimum absolute atomic E-state index is 0.492. The van der Waals surface area contributed by atoms with Gasteiger partial charge < -0.3 is 10.2 Å². The Kier molecular flexibility index (Phi) is 6.65. The molecule has 1 saturated carbocycles. The standard InChI is InChI=1S/C17H26N4/c1-21(17-6-3-2-4-7-17)11-5-9-19-14-15-8-10-20-16(12-15)13-18/h8,10,12,17,19H,2-7,9,11,14H2,1H3. The first-order valence-electron chi connectivity index (χ1n) is 8.05. The van der Waals surface area contributed by atoms with Crippen LogP contribution in [0.4, 0.5) is 0 Å². The topological polar surface area (TPSA) is 52.0 Å². The molecule has 1 N–H and O–H groups in total. The Labute approximate surface area is 128 Å². The van der Waals surface area contributed by atoms with Crippen molar-refractivity contribution >= 4 is 0 Å². The van der Waals surface area contributed by atoms with Crippen molar-refractivity contribution in [2.75, 3.05) is 20.1 Å². The third-order valence-electron chi connectivity index (χ3n) is 4.33. The number of pyridine rings is 1. The highest BCUT2D eigenvalue weighted by Gasteiger charge is 2.16. The molecule has 114 valence electrons. The average Bonchev–Trinajstić information content (AvgIpc) is 2.55. The van der Waals surface area contributed by atoms with Crippen LogP contribution >= 0.6 is 0 Å². The van der Waals surface area contributed by atoms with Crippen LogP contribution in [0, 0.1) is 11.3 Å². The molecule has 1 aliphatic rings. The van der Waals surface area contributed by atoms with E-state index >= 15 is 0 Å². The molecule has 1 heterocycles. The summed E-state index contributed by atoms with van der Waals surface area (Å²) in [6.07, 6.45) is 9.83. The predicted molar refractivity (Wildman–Crippen MR) is 84.8 cm³/mol. The van der Waals surface area contributed by atoms with Gasteiger partial charge in [-0.15, -0.1) is 0 Å². The summed E-state index contributed by atoms with van der Waals surface area (Å²) in [5, 5.41) is 12.3. The third kappa shape index (κ3) is 5.45. The molecule has 4 heteroatoms. The first-order chi connectivity index (χ1) is 10.3. The molecular formula is C17H26N4. The Hall–Kier alpha value is -1.44. The van der Waals surface area contributed by atoms with E-state index in [1.54, 1.807) is 6.20 Å². The van der Waals surface area contributed by atoms with E-state index in [-0.39, 0.29) is 0 Å². The van der Waals surface area contributed by atoms with Crippen LogP contribution in [0.2, 0.25) is 0 Å². The second kappa shape index (κ2) is 8.76. The quantitative estimate of drug-likeness (QED) is 0.783. The van der Waals surface area contributed by atoms with Crippen LogP contribution in [0.5, 0.6) is 0 Å². The van der Waals surface area contributed by atoms with E-state index in [4.69, 9.17) is 5.26 Å². The van der Waals surface area contributed by atoms with Gasteiger partial charge in [0.15, 0.2) is 0 Å². The first kappa shape index (κ1) is 15.9. The summed E-state index contributed by atoms with van der Waals surface area (Å²) in [6, 6.07) is 6.69. The molecule has 1 aromatic heterocycles. The zero-order valence-electron chi connectivity index (χ0n) is 13.0. The van der Waals surface area contributed by atoms with Gasteiger partial charge in [0.25, 0.3) is 0 Å². The molecule has 0 amide bonds. The number of nitrogens with one attached hydrogen (secondary N) is 1. The van der Waals surface area contributed by atoms with E-state index < -0.39 is 0 Å². The highest BCUT2D eigenvalue weighted by molar-refractivity contribution is 5.25. The number of aromatic nitrogens is 1. The molecule has 0 unspecified atom stereocenters. The van der Waals surface area contributed by atoms with Gasteiger partial charge in [-0.2, -0.15) is 5.26 Å². The molecule has 2 rings (SSSR count). The lowest BCUT2D eigenvalue weighted by Crippen LogP contribution is -2.35. The normalized spacial score (nSPS) is 16.0. The maximum absolute atomic E-state index is 8.82. The lowest BCUT2D eigenvalue weighted by molar-refractivity contribution is 0.189. The summed E-state index contributed by atoms with van der Waals surface area (Å²) in [5.41, 5.74) is 1.62. The molecule has 1 fully saturated rings. The fraction of sp³-hybridized carbons (Fsp3) is 0.647. The van der Waals surface area contributed by atoms with E-state index in [1.807, 2.05) is 12.1 Å². The Morgan fingerprint density at radius 2 is 2.19 bits per heavy atom. The Bertz CT molecular complexity index is 460. The van der Waals surface area contributed by atoms with Gasteiger partial charge in [0.05, 0.1) is 0 Å². The first-order valence-corrected chi connectivity index (χ1v) is 8.05. The summed E-state index contributed by atoms with van der Waals surface area (Å²) in [4.78, 5) is 6.51. The van der Waals surface area contributed by atoms with E-state index in [0.29, 0.717) is 5.69 Å². The molecule has 4 nitrogen and oxygen atoms in total. The third-order valence-corrected chi connectivity index (χ3v) is 4.33. The Morgan fingerprint density at radius 3 is 2.95 bits per heavy atom. The highest BCUT2D eigenvalue weighted by Crippen LogP contribution is 2.21. The van der Waals surface area contributed by atoms with E-state index in [2.05, 4.69) is 28.3 Å². The molecule has 1 aliphatic carbocycles. The summed E-state index contributed by atoms with van der Waals surface area (Å²) in [7, 11) is 2.26. The Balaban J connectivity index is 1.60. The highest BCUT2D eigenvalue weighted by atomic mass is 15.1. The van der Waals surface area contributed by atoms with Gasteiger partial charge in [0, 0.05) is 18.8 Å². The maximum atomic E-state index is 8.82. The van der Waals surface area contributed by atoms with Gasteiger partial charge in [0.2, 0.25) is 0 Å². The van der Waals surface area contributed by atoms with Crippen LogP contribution in [0.3, 0.4) is 0 Å². The Morgan fingerprint density at radius 1 is 1.38 bits per heavy atom. The van der Waals surface area contributed by atoms with Crippen molar-refractivity contribution in [2.45, 2.75) is 51.1 Å². The van der Waals surface area contributed by atoms with Crippen LogP contribution in [0.25, 0.3) is 0 Å². The van der Waals surface area contributed by atoms with Crippen molar-refractivity contribution in [3.05, 3.63) is 29.6 Å². The summed E-state index contributed by atoms with van der Waals surface area (Å²) in [5.74, 6) is 0. The monoisotopic (exact) mass is 286 g/mol. The predicted octanol–water partition coefficient (Wildman–Crippen LogP) is 2.70. The molecule has 0 aromatic carbocycles. The van der Waals surface area contributed by atoms with Crippen LogP contribution in [0.1, 0.15) is 49.8 Å². The summed E-state index contributed by atoms with van der Waals surface area (Å²) in [6.45, 7) is 2.99. The number of rotatable bonds is 7. The molecular weight excluding hydrogens is 260 g/mol. The van der Waals surface area contributed by atoms with Gasteiger partial charge in [0.1, 0.15) is 11.8 Å². The van der Waals surface area contributed by atoms with Crippen molar-refractivity contribution < 1.29 is 0 Å². The lowest BCUT2D eigenvalue weighted by Gasteiger charge is -2.31. The molecule has 0 bridgehead atoms. The largest absolute Gasteiger partial charge is 0.313 e. The summed E-state index contributed by atoms with van der Waals surface area (Å²) < 4.78 is 0. The molecule has 0 radical (unpaired) electrons. The van der Waals surface area contributed by atoms with Gasteiger partial charge in [-0.3, -0.25) is 0 Å². The van der Waals surface area contributed by atoms with Crippen molar-refractivity contribution in [1.82, 2.24) is 15.2 Å². The molecule has 0 saturated heterocycles. The molecule has 21 heavy (non-hydrogen) atoms. The smallest absolute Gasteiger partial charge is 0.140 e. The molecule has 1 aromatic rings. The van der Waals surface area contributed by atoms with Crippen molar-refractivity contribution in [3.63, 3.8) is 0 Å². The van der Waals surface area contributed by atoms with Crippen LogP contribution < -0.4 is 5.32 Å². The minimum atomic E-state index is 0.492. The van der Waals surface area contributed by atoms with Crippen molar-refractivity contribution in [2.24, 2.45) is 0 Å². The zero-order valence-corrected chi connectivity index (χ0v) is 13.0. The second-order valence-electron chi connectivity index (χ2n) is 5.96. The zero-order chi connectivity index (χ0) is 14.9. The fourth-order valence-corrected chi connectivity index (χ4v) is 3.04. The van der Waals surface area contributed by atoms with Crippen LogP contribution in [-0.2, 0) is 6.54 Å². The fourth-order valence-electron chi connectivity index (χ4n) is 3.04. The average molecular weight is 286 g/mol. The summed E-state index contributed by atoms with van der Waals surface area (Å²) >= 11 is 0. The van der Waals surface area contributed by atoms with E-state index in [9.17, 15) is 0 Å². The van der Waals surface area contributed by atoms with E-state index in [0.717, 1.165) is 31.2 Å². The van der Waals surface area contributed by atoms with Gasteiger partial charge in [-0.1, -0.05) is 19.3 Å². The van der Waals surface area contributed by atoms with Crippen molar-refractivity contribution in [1.29, 1.82) is 5.26 Å². The SMILES string of the molecule is CN(CCCNCc1ccnc(C#N)c1)C1CCCCC1. The second-order valence-corrected chi connectivity index (χ2v) is 5.96. The number of nitrogens with zero attached hydrogens (tertiary/aromatic N) is 3. The minimum Gasteiger partial charge on any atom is -0.313 e. The van der Waals surface area contributed by atoms with Crippen LogP contribution in [0.15, 0.2) is 18.3 Å². The molecule has 0 spiro atoms. The van der Waals surface area contributed by atoms with Gasteiger partial charge >= 0.3 is 0 Å². The number of hydrogen-bond acceptors (Lipinski definition) is 4. The van der Waals surface area contributed by atoms with Crippen LogP contribution in [-0.4, -0.2) is 36.1 Å². The lowest BCUT2D eigenvalue weighted by atomic mass is 9.94. The maximum Gasteiger partial charge on any atom is 0.140 e. The van der Waals surface area contributed by atoms with Crippen molar-refractivity contribution in [3.8, 4) is 6.07 Å². The molecule has 0 aliphatic heterocycles. The van der Waals surface area contributed by atoms with Gasteiger partial charge in [-0.05, 0) is 57.1 Å². The number of nitriles is 1.